The van der Waals surface area contributed by atoms with Crippen LogP contribution in [0.1, 0.15) is 18.4 Å². The van der Waals surface area contributed by atoms with Crippen molar-refractivity contribution >= 4 is 10.8 Å². The van der Waals surface area contributed by atoms with E-state index < -0.39 is 0 Å². The lowest BCUT2D eigenvalue weighted by Crippen LogP contribution is -2.27. The summed E-state index contributed by atoms with van der Waals surface area (Å²) in [6, 6.07) is 13.2. The van der Waals surface area contributed by atoms with Gasteiger partial charge in [-0.1, -0.05) is 30.3 Å². The maximum absolute atomic E-state index is 5.34. The molecule has 1 atom stereocenters. The number of hydrogen-bond donors (Lipinski definition) is 1. The first-order valence-corrected chi connectivity index (χ1v) is 7.12. The van der Waals surface area contributed by atoms with Crippen molar-refractivity contribution in [3.05, 3.63) is 54.6 Å². The lowest BCUT2D eigenvalue weighted by molar-refractivity contribution is 0.415. The number of methoxy groups -OCH3 is 1. The summed E-state index contributed by atoms with van der Waals surface area (Å²) in [5.74, 6) is 0.914. The van der Waals surface area contributed by atoms with Gasteiger partial charge in [-0.15, -0.1) is 6.58 Å². The van der Waals surface area contributed by atoms with Gasteiger partial charge in [0.15, 0.2) is 0 Å². The number of allylic oxidation sites excluding steroid dienone is 1. The van der Waals surface area contributed by atoms with Crippen molar-refractivity contribution in [1.29, 1.82) is 0 Å². The van der Waals surface area contributed by atoms with Crippen molar-refractivity contribution in [1.82, 2.24) is 5.32 Å². The van der Waals surface area contributed by atoms with Gasteiger partial charge in [-0.05, 0) is 54.8 Å². The highest BCUT2D eigenvalue weighted by Crippen LogP contribution is 2.25. The first-order chi connectivity index (χ1) is 9.78. The largest absolute Gasteiger partial charge is 0.497 e. The van der Waals surface area contributed by atoms with E-state index in [-0.39, 0.29) is 0 Å². The van der Waals surface area contributed by atoms with Crippen molar-refractivity contribution < 1.29 is 4.74 Å². The summed E-state index contributed by atoms with van der Waals surface area (Å²) < 4.78 is 5.34. The van der Waals surface area contributed by atoms with Crippen LogP contribution in [0.2, 0.25) is 0 Å². The van der Waals surface area contributed by atoms with Gasteiger partial charge in [0.2, 0.25) is 0 Å². The Kier molecular flexibility index (Phi) is 5.19. The zero-order valence-electron chi connectivity index (χ0n) is 12.4. The SMILES string of the molecule is C=CCCC(Cc1cccc2ccc(OC)cc12)NC. The van der Waals surface area contributed by atoms with Gasteiger partial charge in [-0.25, -0.2) is 0 Å². The van der Waals surface area contributed by atoms with E-state index in [0.717, 1.165) is 25.0 Å². The van der Waals surface area contributed by atoms with Gasteiger partial charge in [0.1, 0.15) is 5.75 Å². The molecule has 1 N–H and O–H groups in total. The fourth-order valence-corrected chi connectivity index (χ4v) is 2.55. The second-order valence-electron chi connectivity index (χ2n) is 5.06. The number of benzene rings is 2. The molecule has 2 rings (SSSR count). The molecule has 0 radical (unpaired) electrons. The Balaban J connectivity index is 2.30. The zero-order chi connectivity index (χ0) is 14.4. The number of ether oxygens (including phenoxy) is 1. The van der Waals surface area contributed by atoms with Crippen molar-refractivity contribution in [2.75, 3.05) is 14.2 Å². The van der Waals surface area contributed by atoms with Crippen LogP contribution in [0.5, 0.6) is 5.75 Å². The van der Waals surface area contributed by atoms with Gasteiger partial charge in [0.05, 0.1) is 7.11 Å². The topological polar surface area (TPSA) is 21.3 Å². The molecule has 0 spiro atoms. The summed E-state index contributed by atoms with van der Waals surface area (Å²) in [7, 11) is 3.74. The van der Waals surface area contributed by atoms with E-state index >= 15 is 0 Å². The number of likely N-dealkylation sites (N-methyl/N-ethyl adjacent to an activating group) is 1. The van der Waals surface area contributed by atoms with Crippen LogP contribution in [-0.2, 0) is 6.42 Å². The highest BCUT2D eigenvalue weighted by Gasteiger charge is 2.09. The number of fused-ring (bicyclic) bond motifs is 1. The predicted molar refractivity (Wildman–Crippen MR) is 86.5 cm³/mol. The fraction of sp³-hybridized carbons (Fsp3) is 0.333. The summed E-state index contributed by atoms with van der Waals surface area (Å²) in [6.07, 6.45) is 5.16. The minimum atomic E-state index is 0.477. The molecule has 0 saturated carbocycles. The van der Waals surface area contributed by atoms with E-state index in [1.165, 1.54) is 16.3 Å². The molecular weight excluding hydrogens is 246 g/mol. The third kappa shape index (κ3) is 3.40. The molecule has 1 unspecified atom stereocenters. The minimum Gasteiger partial charge on any atom is -0.497 e. The number of nitrogens with one attached hydrogen (secondary N) is 1. The molecule has 0 bridgehead atoms. The number of hydrogen-bond acceptors (Lipinski definition) is 2. The second-order valence-corrected chi connectivity index (χ2v) is 5.06. The van der Waals surface area contributed by atoms with Crippen molar-refractivity contribution in [2.45, 2.75) is 25.3 Å². The first kappa shape index (κ1) is 14.6. The molecular formula is C18H23NO. The molecule has 0 saturated heterocycles. The quantitative estimate of drug-likeness (QED) is 0.769. The van der Waals surface area contributed by atoms with Crippen LogP contribution >= 0.6 is 0 Å². The molecule has 2 aromatic rings. The van der Waals surface area contributed by atoms with Crippen molar-refractivity contribution in [3.8, 4) is 5.75 Å². The summed E-state index contributed by atoms with van der Waals surface area (Å²) in [5.41, 5.74) is 1.37. The summed E-state index contributed by atoms with van der Waals surface area (Å²) >= 11 is 0. The zero-order valence-corrected chi connectivity index (χ0v) is 12.4. The van der Waals surface area contributed by atoms with E-state index in [9.17, 15) is 0 Å². The van der Waals surface area contributed by atoms with Gasteiger partial charge < -0.3 is 10.1 Å². The fourth-order valence-electron chi connectivity index (χ4n) is 2.55. The van der Waals surface area contributed by atoms with Crippen LogP contribution < -0.4 is 10.1 Å². The smallest absolute Gasteiger partial charge is 0.119 e. The lowest BCUT2D eigenvalue weighted by Gasteiger charge is -2.17. The van der Waals surface area contributed by atoms with E-state index in [0.29, 0.717) is 6.04 Å². The highest BCUT2D eigenvalue weighted by atomic mass is 16.5. The third-order valence-electron chi connectivity index (χ3n) is 3.77. The normalized spacial score (nSPS) is 12.3. The molecule has 0 aromatic heterocycles. The van der Waals surface area contributed by atoms with E-state index in [4.69, 9.17) is 4.74 Å². The van der Waals surface area contributed by atoms with Crippen LogP contribution in [0.15, 0.2) is 49.1 Å². The Morgan fingerprint density at radius 3 is 2.85 bits per heavy atom. The van der Waals surface area contributed by atoms with Crippen LogP contribution in [0.3, 0.4) is 0 Å². The lowest BCUT2D eigenvalue weighted by atomic mass is 9.96. The molecule has 2 heteroatoms. The van der Waals surface area contributed by atoms with Gasteiger partial charge >= 0.3 is 0 Å². The standard InChI is InChI=1S/C18H23NO/c1-4-5-9-16(19-2)12-15-8-6-7-14-10-11-17(20-3)13-18(14)15/h4,6-8,10-11,13,16,19H,1,5,9,12H2,2-3H3. The van der Waals surface area contributed by atoms with E-state index in [1.807, 2.05) is 19.2 Å². The summed E-state index contributed by atoms with van der Waals surface area (Å²) in [4.78, 5) is 0. The summed E-state index contributed by atoms with van der Waals surface area (Å²) in [6.45, 7) is 3.80. The maximum Gasteiger partial charge on any atom is 0.119 e. The Morgan fingerprint density at radius 1 is 1.30 bits per heavy atom. The van der Waals surface area contributed by atoms with Crippen LogP contribution in [0.25, 0.3) is 10.8 Å². The van der Waals surface area contributed by atoms with Crippen molar-refractivity contribution in [3.63, 3.8) is 0 Å². The third-order valence-corrected chi connectivity index (χ3v) is 3.77. The maximum atomic E-state index is 5.34. The molecule has 2 nitrogen and oxygen atoms in total. The molecule has 0 aliphatic carbocycles. The van der Waals surface area contributed by atoms with Crippen LogP contribution in [0, 0.1) is 0 Å². The van der Waals surface area contributed by atoms with Gasteiger partial charge in [-0.2, -0.15) is 0 Å². The van der Waals surface area contributed by atoms with Crippen LogP contribution in [-0.4, -0.2) is 20.2 Å². The molecule has 2 aromatic carbocycles. The molecule has 0 fully saturated rings. The Bertz CT molecular complexity index is 577. The molecule has 0 aliphatic heterocycles. The highest BCUT2D eigenvalue weighted by molar-refractivity contribution is 5.87. The average Bonchev–Trinajstić information content (AvgIpc) is 2.51. The summed E-state index contributed by atoms with van der Waals surface area (Å²) in [5, 5.41) is 5.95. The molecule has 106 valence electrons. The first-order valence-electron chi connectivity index (χ1n) is 7.12. The predicted octanol–water partition coefficient (Wildman–Crippen LogP) is 3.95. The van der Waals surface area contributed by atoms with E-state index in [2.05, 4.69) is 42.2 Å². The Morgan fingerprint density at radius 2 is 2.15 bits per heavy atom. The molecule has 20 heavy (non-hydrogen) atoms. The van der Waals surface area contributed by atoms with Crippen molar-refractivity contribution in [2.24, 2.45) is 0 Å². The molecule has 0 heterocycles. The second kappa shape index (κ2) is 7.11. The average molecular weight is 269 g/mol. The minimum absolute atomic E-state index is 0.477. The van der Waals surface area contributed by atoms with Gasteiger partial charge in [-0.3, -0.25) is 0 Å². The Hall–Kier alpha value is -1.80. The van der Waals surface area contributed by atoms with Crippen LogP contribution in [0.4, 0.5) is 0 Å². The number of rotatable bonds is 7. The van der Waals surface area contributed by atoms with E-state index in [1.54, 1.807) is 7.11 Å². The monoisotopic (exact) mass is 269 g/mol. The molecule has 0 amide bonds. The van der Waals surface area contributed by atoms with Gasteiger partial charge in [0.25, 0.3) is 0 Å². The molecule has 0 aliphatic rings. The Labute approximate surface area is 121 Å². The van der Waals surface area contributed by atoms with Gasteiger partial charge in [0, 0.05) is 6.04 Å².